The first-order chi connectivity index (χ1) is 6.54. The average Bonchev–Trinajstić information content (AvgIpc) is 2.57. The van der Waals surface area contributed by atoms with Gasteiger partial charge in [-0.3, -0.25) is 4.68 Å². The molecule has 0 saturated heterocycles. The summed E-state index contributed by atoms with van der Waals surface area (Å²) in [6, 6.07) is 0. The maximum absolute atomic E-state index is 5.73. The van der Waals surface area contributed by atoms with E-state index in [1.54, 1.807) is 0 Å². The molecular formula is C11H19N3. The van der Waals surface area contributed by atoms with E-state index in [9.17, 15) is 0 Å². The zero-order valence-corrected chi connectivity index (χ0v) is 9.30. The van der Waals surface area contributed by atoms with E-state index >= 15 is 0 Å². The van der Waals surface area contributed by atoms with E-state index in [1.807, 2.05) is 0 Å². The molecule has 0 bridgehead atoms. The number of hydrogen-bond donors (Lipinski definition) is 1. The summed E-state index contributed by atoms with van der Waals surface area (Å²) >= 11 is 0. The van der Waals surface area contributed by atoms with E-state index in [0.717, 1.165) is 12.2 Å². The van der Waals surface area contributed by atoms with Gasteiger partial charge in [0.1, 0.15) is 0 Å². The summed E-state index contributed by atoms with van der Waals surface area (Å²) in [5.41, 5.74) is 9.80. The SMILES string of the molecule is CC(C)(C)c1c(CN)nn2c1CCC2. The molecule has 3 heteroatoms. The number of nitrogens with zero attached hydrogens (tertiary/aromatic N) is 2. The van der Waals surface area contributed by atoms with Crippen molar-refractivity contribution < 1.29 is 0 Å². The number of hydrogen-bond acceptors (Lipinski definition) is 2. The molecule has 1 aliphatic heterocycles. The van der Waals surface area contributed by atoms with Gasteiger partial charge in [-0.25, -0.2) is 0 Å². The standard InChI is InChI=1S/C11H19N3/c1-11(2,3)10-8(7-12)13-14-6-4-5-9(10)14/h4-7,12H2,1-3H3. The normalized spacial score (nSPS) is 16.0. The number of aryl methyl sites for hydroxylation is 1. The third kappa shape index (κ3) is 1.36. The Balaban J connectivity index is 2.55. The van der Waals surface area contributed by atoms with Crippen LogP contribution in [-0.4, -0.2) is 9.78 Å². The molecule has 0 spiro atoms. The van der Waals surface area contributed by atoms with Crippen molar-refractivity contribution in [3.8, 4) is 0 Å². The number of aromatic nitrogens is 2. The minimum absolute atomic E-state index is 0.173. The van der Waals surface area contributed by atoms with E-state index in [4.69, 9.17) is 5.73 Å². The van der Waals surface area contributed by atoms with Crippen LogP contribution in [0.25, 0.3) is 0 Å². The highest BCUT2D eigenvalue weighted by molar-refractivity contribution is 5.34. The van der Waals surface area contributed by atoms with Crippen molar-refractivity contribution in [2.24, 2.45) is 5.73 Å². The van der Waals surface area contributed by atoms with E-state index in [0.29, 0.717) is 6.54 Å². The topological polar surface area (TPSA) is 43.8 Å². The predicted molar refractivity (Wildman–Crippen MR) is 57.1 cm³/mol. The second-order valence-electron chi connectivity index (χ2n) is 5.05. The molecule has 0 amide bonds. The fourth-order valence-corrected chi connectivity index (χ4v) is 2.40. The molecule has 0 saturated carbocycles. The van der Waals surface area contributed by atoms with Gasteiger partial charge in [-0.1, -0.05) is 20.8 Å². The molecule has 0 fully saturated rings. The first-order valence-electron chi connectivity index (χ1n) is 5.33. The zero-order chi connectivity index (χ0) is 10.3. The molecule has 2 N–H and O–H groups in total. The van der Waals surface area contributed by atoms with Gasteiger partial charge in [0.05, 0.1) is 5.69 Å². The Kier molecular flexibility index (Phi) is 2.14. The molecule has 1 aromatic heterocycles. The molecular weight excluding hydrogens is 174 g/mol. The minimum atomic E-state index is 0.173. The highest BCUT2D eigenvalue weighted by Crippen LogP contribution is 2.32. The van der Waals surface area contributed by atoms with Gasteiger partial charge in [0.15, 0.2) is 0 Å². The maximum Gasteiger partial charge on any atom is 0.0800 e. The molecule has 2 heterocycles. The van der Waals surface area contributed by atoms with E-state index in [1.165, 1.54) is 24.1 Å². The Morgan fingerprint density at radius 2 is 2.14 bits per heavy atom. The third-order valence-corrected chi connectivity index (χ3v) is 2.86. The summed E-state index contributed by atoms with van der Waals surface area (Å²) in [7, 11) is 0. The van der Waals surface area contributed by atoms with Crippen LogP contribution in [0.15, 0.2) is 0 Å². The highest BCUT2D eigenvalue weighted by Gasteiger charge is 2.28. The van der Waals surface area contributed by atoms with Crippen molar-refractivity contribution >= 4 is 0 Å². The van der Waals surface area contributed by atoms with Crippen LogP contribution in [0.4, 0.5) is 0 Å². The fraction of sp³-hybridized carbons (Fsp3) is 0.727. The lowest BCUT2D eigenvalue weighted by Crippen LogP contribution is -2.16. The van der Waals surface area contributed by atoms with Crippen LogP contribution < -0.4 is 5.73 Å². The lowest BCUT2D eigenvalue weighted by molar-refractivity contribution is 0.576. The number of fused-ring (bicyclic) bond motifs is 1. The monoisotopic (exact) mass is 193 g/mol. The summed E-state index contributed by atoms with van der Waals surface area (Å²) in [6.45, 7) is 8.35. The Labute approximate surface area is 85.3 Å². The Morgan fingerprint density at radius 3 is 2.71 bits per heavy atom. The van der Waals surface area contributed by atoms with Crippen LogP contribution in [0.3, 0.4) is 0 Å². The van der Waals surface area contributed by atoms with Crippen LogP contribution in [0, 0.1) is 0 Å². The van der Waals surface area contributed by atoms with Crippen LogP contribution >= 0.6 is 0 Å². The van der Waals surface area contributed by atoms with Crippen molar-refractivity contribution in [3.05, 3.63) is 17.0 Å². The van der Waals surface area contributed by atoms with Crippen LogP contribution in [-0.2, 0) is 24.9 Å². The first-order valence-corrected chi connectivity index (χ1v) is 5.33. The summed E-state index contributed by atoms with van der Waals surface area (Å²) in [5, 5.41) is 4.57. The molecule has 3 nitrogen and oxygen atoms in total. The molecule has 0 aromatic carbocycles. The Morgan fingerprint density at radius 1 is 1.43 bits per heavy atom. The largest absolute Gasteiger partial charge is 0.325 e. The summed E-state index contributed by atoms with van der Waals surface area (Å²) in [4.78, 5) is 0. The third-order valence-electron chi connectivity index (χ3n) is 2.86. The Bertz CT molecular complexity index is 344. The van der Waals surface area contributed by atoms with E-state index in [-0.39, 0.29) is 5.41 Å². The van der Waals surface area contributed by atoms with Gasteiger partial charge < -0.3 is 5.73 Å². The summed E-state index contributed by atoms with van der Waals surface area (Å²) < 4.78 is 2.14. The molecule has 14 heavy (non-hydrogen) atoms. The van der Waals surface area contributed by atoms with Gasteiger partial charge in [0.25, 0.3) is 0 Å². The van der Waals surface area contributed by atoms with Crippen LogP contribution in [0.1, 0.15) is 44.1 Å². The summed E-state index contributed by atoms with van der Waals surface area (Å²) in [6.07, 6.45) is 2.40. The van der Waals surface area contributed by atoms with Crippen molar-refractivity contribution in [1.29, 1.82) is 0 Å². The van der Waals surface area contributed by atoms with Gasteiger partial charge in [-0.15, -0.1) is 0 Å². The highest BCUT2D eigenvalue weighted by atomic mass is 15.3. The van der Waals surface area contributed by atoms with Crippen molar-refractivity contribution in [2.45, 2.75) is 52.1 Å². The van der Waals surface area contributed by atoms with Gasteiger partial charge in [-0.2, -0.15) is 5.10 Å². The molecule has 78 valence electrons. The smallest absolute Gasteiger partial charge is 0.0800 e. The second-order valence-corrected chi connectivity index (χ2v) is 5.05. The van der Waals surface area contributed by atoms with E-state index in [2.05, 4.69) is 30.6 Å². The zero-order valence-electron chi connectivity index (χ0n) is 9.30. The van der Waals surface area contributed by atoms with Crippen LogP contribution in [0.2, 0.25) is 0 Å². The van der Waals surface area contributed by atoms with Gasteiger partial charge in [-0.05, 0) is 18.3 Å². The van der Waals surface area contributed by atoms with Crippen molar-refractivity contribution in [1.82, 2.24) is 9.78 Å². The summed E-state index contributed by atoms with van der Waals surface area (Å²) in [5.74, 6) is 0. The number of nitrogens with two attached hydrogens (primary N) is 1. The molecule has 0 unspecified atom stereocenters. The molecule has 0 aliphatic carbocycles. The van der Waals surface area contributed by atoms with Crippen molar-refractivity contribution in [2.75, 3.05) is 0 Å². The maximum atomic E-state index is 5.73. The van der Waals surface area contributed by atoms with Gasteiger partial charge in [0.2, 0.25) is 0 Å². The van der Waals surface area contributed by atoms with E-state index < -0.39 is 0 Å². The molecule has 1 aromatic rings. The quantitative estimate of drug-likeness (QED) is 0.736. The van der Waals surface area contributed by atoms with Crippen molar-refractivity contribution in [3.63, 3.8) is 0 Å². The fourth-order valence-electron chi connectivity index (χ4n) is 2.40. The first kappa shape index (κ1) is 9.71. The molecule has 1 aliphatic rings. The van der Waals surface area contributed by atoms with Gasteiger partial charge >= 0.3 is 0 Å². The Hall–Kier alpha value is -0.830. The predicted octanol–water partition coefficient (Wildman–Crippen LogP) is 1.59. The minimum Gasteiger partial charge on any atom is -0.325 e. The average molecular weight is 193 g/mol. The molecule has 0 atom stereocenters. The van der Waals surface area contributed by atoms with Crippen LogP contribution in [0.5, 0.6) is 0 Å². The lowest BCUT2D eigenvalue weighted by Gasteiger charge is -2.20. The number of rotatable bonds is 1. The lowest BCUT2D eigenvalue weighted by atomic mass is 9.84. The molecule has 2 rings (SSSR count). The second kappa shape index (κ2) is 3.09. The molecule has 0 radical (unpaired) electrons. The van der Waals surface area contributed by atoms with Gasteiger partial charge in [0, 0.05) is 24.3 Å².